The van der Waals surface area contributed by atoms with E-state index in [1.165, 1.54) is 28.8 Å². The maximum Gasteiger partial charge on any atom is 0.124 e. The molecule has 3 rings (SSSR count). The molecule has 2 aromatic carbocycles. The predicted molar refractivity (Wildman–Crippen MR) is 100.0 cm³/mol. The van der Waals surface area contributed by atoms with Gasteiger partial charge in [0.05, 0.1) is 17.2 Å². The minimum Gasteiger partial charge on any atom is -0.390 e. The number of aliphatic hydroxyl groups is 1. The zero-order valence-electron chi connectivity index (χ0n) is 15.4. The van der Waals surface area contributed by atoms with Gasteiger partial charge < -0.3 is 5.11 Å². The minimum absolute atomic E-state index is 0.354. The molecule has 0 aromatic heterocycles. The quantitative estimate of drug-likeness (QED) is 0.886. The Morgan fingerprint density at radius 3 is 2.69 bits per heavy atom. The van der Waals surface area contributed by atoms with E-state index >= 15 is 0 Å². The van der Waals surface area contributed by atoms with Crippen LogP contribution in [0.3, 0.4) is 0 Å². The zero-order valence-corrected chi connectivity index (χ0v) is 15.4. The van der Waals surface area contributed by atoms with Gasteiger partial charge in [0.1, 0.15) is 5.82 Å². The van der Waals surface area contributed by atoms with Crippen LogP contribution in [0.1, 0.15) is 48.1 Å². The van der Waals surface area contributed by atoms with Gasteiger partial charge in [0.15, 0.2) is 0 Å². The lowest BCUT2D eigenvalue weighted by Crippen LogP contribution is -2.30. The van der Waals surface area contributed by atoms with Crippen molar-refractivity contribution in [3.8, 4) is 6.07 Å². The highest BCUT2D eigenvalue weighted by molar-refractivity contribution is 5.36. The van der Waals surface area contributed by atoms with Gasteiger partial charge in [-0.25, -0.2) is 4.39 Å². The summed E-state index contributed by atoms with van der Waals surface area (Å²) in [5.41, 5.74) is 4.51. The number of nitrogens with zero attached hydrogens (tertiary/aromatic N) is 2. The first kappa shape index (κ1) is 18.6. The van der Waals surface area contributed by atoms with E-state index in [1.807, 2.05) is 19.9 Å². The van der Waals surface area contributed by atoms with Crippen LogP contribution in [0.25, 0.3) is 0 Å². The van der Waals surface area contributed by atoms with Gasteiger partial charge in [-0.05, 0) is 73.6 Å². The van der Waals surface area contributed by atoms with E-state index in [-0.39, 0.29) is 5.82 Å². The normalized spacial score (nSPS) is 14.7. The zero-order chi connectivity index (χ0) is 18.7. The molecule has 0 saturated heterocycles. The van der Waals surface area contributed by atoms with Gasteiger partial charge in [-0.1, -0.05) is 18.2 Å². The van der Waals surface area contributed by atoms with Crippen LogP contribution in [0.15, 0.2) is 36.4 Å². The number of halogens is 1. The molecule has 0 aliphatic carbocycles. The first-order chi connectivity index (χ1) is 12.3. The molecule has 0 radical (unpaired) electrons. The summed E-state index contributed by atoms with van der Waals surface area (Å²) in [5, 5.41) is 18.9. The number of rotatable bonds is 5. The van der Waals surface area contributed by atoms with Crippen LogP contribution >= 0.6 is 0 Å². The molecule has 1 heterocycles. The maximum absolute atomic E-state index is 13.6. The highest BCUT2D eigenvalue weighted by Crippen LogP contribution is 2.24. The van der Waals surface area contributed by atoms with Gasteiger partial charge in [0.25, 0.3) is 0 Å². The fraction of sp³-hybridized carbons (Fsp3) is 0.409. The van der Waals surface area contributed by atoms with Crippen LogP contribution in [-0.4, -0.2) is 22.2 Å². The van der Waals surface area contributed by atoms with Crippen LogP contribution < -0.4 is 0 Å². The van der Waals surface area contributed by atoms with Crippen molar-refractivity contribution < 1.29 is 9.50 Å². The Bertz CT molecular complexity index is 833. The van der Waals surface area contributed by atoms with Crippen molar-refractivity contribution in [1.82, 2.24) is 4.90 Å². The number of hydrogen-bond donors (Lipinski definition) is 1. The van der Waals surface area contributed by atoms with Crippen LogP contribution in [0.4, 0.5) is 4.39 Å². The molecule has 26 heavy (non-hydrogen) atoms. The van der Waals surface area contributed by atoms with E-state index in [0.717, 1.165) is 37.9 Å². The monoisotopic (exact) mass is 352 g/mol. The number of nitriles is 1. The average Bonchev–Trinajstić information content (AvgIpc) is 2.58. The topological polar surface area (TPSA) is 47.3 Å². The van der Waals surface area contributed by atoms with Crippen LogP contribution in [-0.2, 0) is 25.9 Å². The number of hydrogen-bond acceptors (Lipinski definition) is 3. The molecule has 1 aliphatic rings. The lowest BCUT2D eigenvalue weighted by Gasteiger charge is -2.29. The molecule has 1 aliphatic heterocycles. The molecule has 0 amide bonds. The number of aryl methyl sites for hydroxylation is 1. The van der Waals surface area contributed by atoms with E-state index < -0.39 is 5.60 Å². The minimum atomic E-state index is -0.639. The first-order valence-electron chi connectivity index (χ1n) is 9.07. The summed E-state index contributed by atoms with van der Waals surface area (Å²) in [7, 11) is 0. The van der Waals surface area contributed by atoms with Gasteiger partial charge in [-0.3, -0.25) is 4.90 Å². The van der Waals surface area contributed by atoms with Crippen molar-refractivity contribution >= 4 is 0 Å². The van der Waals surface area contributed by atoms with Crippen LogP contribution in [0.5, 0.6) is 0 Å². The third-order valence-electron chi connectivity index (χ3n) is 4.88. The summed E-state index contributed by atoms with van der Waals surface area (Å²) in [5.74, 6) is -0.354. The molecule has 2 aromatic rings. The van der Waals surface area contributed by atoms with Gasteiger partial charge in [0.2, 0.25) is 0 Å². The van der Waals surface area contributed by atoms with E-state index in [1.54, 1.807) is 6.07 Å². The third-order valence-corrected chi connectivity index (χ3v) is 4.88. The third kappa shape index (κ3) is 4.91. The molecular weight excluding hydrogens is 327 g/mol. The standard InChI is InChI=1S/C22H25FN2O/c1-22(2,26)7-5-16-3-4-20-15-25(8-6-19(20)10-16)14-18-9-17(13-24)11-21(23)12-18/h3-4,9-12,26H,5-8,14-15H2,1-2H3. The van der Waals surface area contributed by atoms with Gasteiger partial charge in [-0.15, -0.1) is 0 Å². The second-order valence-corrected chi connectivity index (χ2v) is 7.84. The fourth-order valence-corrected chi connectivity index (χ4v) is 3.47. The Morgan fingerprint density at radius 2 is 1.96 bits per heavy atom. The molecule has 0 bridgehead atoms. The molecular formula is C22H25FN2O. The maximum atomic E-state index is 13.6. The molecule has 0 unspecified atom stereocenters. The van der Waals surface area contributed by atoms with E-state index in [0.29, 0.717) is 12.1 Å². The fourth-order valence-electron chi connectivity index (χ4n) is 3.47. The summed E-state index contributed by atoms with van der Waals surface area (Å²) >= 11 is 0. The predicted octanol–water partition coefficient (Wildman–Crippen LogP) is 3.96. The smallest absolute Gasteiger partial charge is 0.124 e. The second-order valence-electron chi connectivity index (χ2n) is 7.84. The number of fused-ring (bicyclic) bond motifs is 1. The van der Waals surface area contributed by atoms with E-state index in [2.05, 4.69) is 23.1 Å². The molecule has 3 nitrogen and oxygen atoms in total. The van der Waals surface area contributed by atoms with Gasteiger partial charge in [0, 0.05) is 19.6 Å². The molecule has 1 N–H and O–H groups in total. The summed E-state index contributed by atoms with van der Waals surface area (Å²) in [6.45, 7) is 6.08. The van der Waals surface area contributed by atoms with Crippen molar-refractivity contribution in [2.45, 2.75) is 51.8 Å². The molecule has 136 valence electrons. The second kappa shape index (κ2) is 7.57. The van der Waals surface area contributed by atoms with Crippen molar-refractivity contribution in [1.29, 1.82) is 5.26 Å². The van der Waals surface area contributed by atoms with Gasteiger partial charge in [-0.2, -0.15) is 5.26 Å². The lowest BCUT2D eigenvalue weighted by atomic mass is 9.93. The summed E-state index contributed by atoms with van der Waals surface area (Å²) in [6, 6.07) is 13.1. The van der Waals surface area contributed by atoms with Crippen molar-refractivity contribution in [2.24, 2.45) is 0 Å². The molecule has 4 heteroatoms. The van der Waals surface area contributed by atoms with Crippen molar-refractivity contribution in [3.05, 3.63) is 70.0 Å². The first-order valence-corrected chi connectivity index (χ1v) is 9.07. The summed E-state index contributed by atoms with van der Waals surface area (Å²) < 4.78 is 13.6. The Balaban J connectivity index is 1.67. The summed E-state index contributed by atoms with van der Waals surface area (Å²) in [4.78, 5) is 2.29. The molecule has 0 fully saturated rings. The summed E-state index contributed by atoms with van der Waals surface area (Å²) in [6.07, 6.45) is 2.59. The molecule has 0 saturated carbocycles. The largest absolute Gasteiger partial charge is 0.390 e. The highest BCUT2D eigenvalue weighted by Gasteiger charge is 2.18. The van der Waals surface area contributed by atoms with E-state index in [9.17, 15) is 9.50 Å². The SMILES string of the molecule is CC(C)(O)CCc1ccc2c(c1)CCN(Cc1cc(F)cc(C#N)c1)C2. The Kier molecular flexibility index (Phi) is 5.41. The molecule has 0 atom stereocenters. The Hall–Kier alpha value is -2.22. The van der Waals surface area contributed by atoms with Gasteiger partial charge >= 0.3 is 0 Å². The lowest BCUT2D eigenvalue weighted by molar-refractivity contribution is 0.0714. The Morgan fingerprint density at radius 1 is 1.15 bits per heavy atom. The Labute approximate surface area is 154 Å². The van der Waals surface area contributed by atoms with Crippen molar-refractivity contribution in [2.75, 3.05) is 6.54 Å². The highest BCUT2D eigenvalue weighted by atomic mass is 19.1. The van der Waals surface area contributed by atoms with Crippen LogP contribution in [0.2, 0.25) is 0 Å². The van der Waals surface area contributed by atoms with E-state index in [4.69, 9.17) is 5.26 Å². The molecule has 0 spiro atoms. The number of benzene rings is 2. The van der Waals surface area contributed by atoms with Crippen LogP contribution in [0, 0.1) is 17.1 Å². The van der Waals surface area contributed by atoms with Crippen molar-refractivity contribution in [3.63, 3.8) is 0 Å². The average molecular weight is 352 g/mol.